The van der Waals surface area contributed by atoms with E-state index in [0.717, 1.165) is 43.7 Å². The zero-order valence-corrected chi connectivity index (χ0v) is 12.4. The maximum atomic E-state index is 12.4. The Bertz CT molecular complexity index is 448. The van der Waals surface area contributed by atoms with Crippen LogP contribution in [0.25, 0.3) is 0 Å². The summed E-state index contributed by atoms with van der Waals surface area (Å²) in [5.74, 6) is 1.26. The Kier molecular flexibility index (Phi) is 5.20. The molecule has 0 aliphatic carbocycles. The predicted molar refractivity (Wildman–Crippen MR) is 76.7 cm³/mol. The topological polar surface area (TPSA) is 68.7 Å². The summed E-state index contributed by atoms with van der Waals surface area (Å²) in [6.07, 6.45) is 2.92. The van der Waals surface area contributed by atoms with Gasteiger partial charge < -0.3 is 19.8 Å². The van der Waals surface area contributed by atoms with E-state index in [-0.39, 0.29) is 12.0 Å². The maximum Gasteiger partial charge on any atom is 0.289 e. The fourth-order valence-electron chi connectivity index (χ4n) is 2.56. The van der Waals surface area contributed by atoms with E-state index < -0.39 is 0 Å². The van der Waals surface area contributed by atoms with Crippen LogP contribution in [0.2, 0.25) is 0 Å². The van der Waals surface area contributed by atoms with Crippen LogP contribution in [0.1, 0.15) is 41.1 Å². The largest absolute Gasteiger partial charge is 0.456 e. The highest BCUT2D eigenvalue weighted by atomic mass is 16.5. The van der Waals surface area contributed by atoms with Crippen molar-refractivity contribution in [3.8, 4) is 0 Å². The lowest BCUT2D eigenvalue weighted by Gasteiger charge is -2.31. The number of nitrogens with zero attached hydrogens (tertiary/aromatic N) is 1. The number of ether oxygens (including phenoxy) is 1. The van der Waals surface area contributed by atoms with E-state index in [0.29, 0.717) is 18.9 Å². The van der Waals surface area contributed by atoms with Crippen molar-refractivity contribution in [1.82, 2.24) is 4.90 Å². The number of nitrogens with two attached hydrogens (primary N) is 1. The van der Waals surface area contributed by atoms with Gasteiger partial charge in [-0.15, -0.1) is 0 Å². The van der Waals surface area contributed by atoms with Crippen molar-refractivity contribution in [2.24, 2.45) is 5.73 Å². The highest BCUT2D eigenvalue weighted by molar-refractivity contribution is 5.93. The summed E-state index contributed by atoms with van der Waals surface area (Å²) in [6, 6.07) is 1.90. The molecule has 0 unspecified atom stereocenters. The molecule has 1 aliphatic heterocycles. The van der Waals surface area contributed by atoms with E-state index in [1.54, 1.807) is 0 Å². The standard InChI is InChI=1S/C15H24N2O3/c1-11-10-12(2)20-14(11)15(18)17-7-4-13(5-8-17)19-9-3-6-16/h10,13H,3-9,16H2,1-2H3. The molecule has 0 bridgehead atoms. The van der Waals surface area contributed by atoms with E-state index in [1.165, 1.54) is 0 Å². The molecule has 1 aliphatic rings. The summed E-state index contributed by atoms with van der Waals surface area (Å²) in [6.45, 7) is 6.60. The lowest BCUT2D eigenvalue weighted by molar-refractivity contribution is 0.00759. The molecule has 0 aromatic carbocycles. The molecule has 20 heavy (non-hydrogen) atoms. The molecule has 5 heteroatoms. The van der Waals surface area contributed by atoms with Gasteiger partial charge in [0.15, 0.2) is 5.76 Å². The molecule has 0 spiro atoms. The number of aryl methyl sites for hydroxylation is 2. The molecular weight excluding hydrogens is 256 g/mol. The van der Waals surface area contributed by atoms with Gasteiger partial charge in [-0.3, -0.25) is 4.79 Å². The second kappa shape index (κ2) is 6.90. The van der Waals surface area contributed by atoms with Crippen molar-refractivity contribution in [3.63, 3.8) is 0 Å². The Morgan fingerprint density at radius 2 is 2.15 bits per heavy atom. The van der Waals surface area contributed by atoms with Crippen molar-refractivity contribution in [2.75, 3.05) is 26.2 Å². The van der Waals surface area contributed by atoms with Crippen LogP contribution in [0.3, 0.4) is 0 Å². The number of hydrogen-bond donors (Lipinski definition) is 1. The Hall–Kier alpha value is -1.33. The SMILES string of the molecule is Cc1cc(C)c(C(=O)N2CCC(OCCCN)CC2)o1. The molecule has 112 valence electrons. The summed E-state index contributed by atoms with van der Waals surface area (Å²) >= 11 is 0. The van der Waals surface area contributed by atoms with Gasteiger partial charge in [-0.2, -0.15) is 0 Å². The number of piperidine rings is 1. The first kappa shape index (κ1) is 15.1. The molecule has 1 fully saturated rings. The van der Waals surface area contributed by atoms with Gasteiger partial charge in [0, 0.05) is 25.3 Å². The number of likely N-dealkylation sites (tertiary alicyclic amines) is 1. The monoisotopic (exact) mass is 280 g/mol. The minimum atomic E-state index is -0.00370. The highest BCUT2D eigenvalue weighted by Gasteiger charge is 2.26. The number of amides is 1. The predicted octanol–water partition coefficient (Wildman–Crippen LogP) is 1.87. The van der Waals surface area contributed by atoms with Gasteiger partial charge in [-0.1, -0.05) is 0 Å². The summed E-state index contributed by atoms with van der Waals surface area (Å²) in [5, 5.41) is 0. The van der Waals surface area contributed by atoms with Gasteiger partial charge in [0.2, 0.25) is 0 Å². The number of hydrogen-bond acceptors (Lipinski definition) is 4. The molecule has 1 saturated heterocycles. The van der Waals surface area contributed by atoms with Crippen LogP contribution in [0.15, 0.2) is 10.5 Å². The average Bonchev–Trinajstić information content (AvgIpc) is 2.78. The summed E-state index contributed by atoms with van der Waals surface area (Å²) in [5.41, 5.74) is 6.35. The van der Waals surface area contributed by atoms with Crippen LogP contribution < -0.4 is 5.73 Å². The van der Waals surface area contributed by atoms with E-state index in [9.17, 15) is 4.79 Å². The van der Waals surface area contributed by atoms with Crippen LogP contribution in [-0.2, 0) is 4.74 Å². The summed E-state index contributed by atoms with van der Waals surface area (Å²) in [4.78, 5) is 14.2. The van der Waals surface area contributed by atoms with Crippen LogP contribution in [0.4, 0.5) is 0 Å². The third kappa shape index (κ3) is 3.61. The zero-order valence-electron chi connectivity index (χ0n) is 12.4. The van der Waals surface area contributed by atoms with E-state index in [1.807, 2.05) is 24.8 Å². The van der Waals surface area contributed by atoms with Crippen molar-refractivity contribution in [3.05, 3.63) is 23.2 Å². The maximum absolute atomic E-state index is 12.4. The molecule has 1 amide bonds. The van der Waals surface area contributed by atoms with Crippen LogP contribution in [0, 0.1) is 13.8 Å². The van der Waals surface area contributed by atoms with Gasteiger partial charge in [0.05, 0.1) is 6.10 Å². The first-order valence-electron chi connectivity index (χ1n) is 7.29. The molecule has 0 radical (unpaired) electrons. The summed E-state index contributed by atoms with van der Waals surface area (Å²) < 4.78 is 11.2. The van der Waals surface area contributed by atoms with Crippen LogP contribution >= 0.6 is 0 Å². The quantitative estimate of drug-likeness (QED) is 0.836. The zero-order chi connectivity index (χ0) is 14.5. The van der Waals surface area contributed by atoms with Gasteiger partial charge in [-0.05, 0) is 45.7 Å². The van der Waals surface area contributed by atoms with Crippen molar-refractivity contribution in [1.29, 1.82) is 0 Å². The van der Waals surface area contributed by atoms with E-state index in [4.69, 9.17) is 14.9 Å². The molecule has 2 heterocycles. The summed E-state index contributed by atoms with van der Waals surface area (Å²) in [7, 11) is 0. The average molecular weight is 280 g/mol. The lowest BCUT2D eigenvalue weighted by atomic mass is 10.1. The molecule has 1 aromatic rings. The van der Waals surface area contributed by atoms with Crippen molar-refractivity contribution < 1.29 is 13.9 Å². The Labute approximate surface area is 120 Å². The van der Waals surface area contributed by atoms with Crippen molar-refractivity contribution >= 4 is 5.91 Å². The normalized spacial score (nSPS) is 16.6. The highest BCUT2D eigenvalue weighted by Crippen LogP contribution is 2.20. The number of carbonyl (C=O) groups is 1. The molecule has 0 atom stereocenters. The van der Waals surface area contributed by atoms with Gasteiger partial charge >= 0.3 is 0 Å². The Morgan fingerprint density at radius 1 is 1.45 bits per heavy atom. The fraction of sp³-hybridized carbons (Fsp3) is 0.667. The minimum Gasteiger partial charge on any atom is -0.456 e. The first-order valence-corrected chi connectivity index (χ1v) is 7.29. The number of furan rings is 1. The van der Waals surface area contributed by atoms with Crippen LogP contribution in [0.5, 0.6) is 0 Å². The third-order valence-corrected chi connectivity index (χ3v) is 3.67. The molecule has 1 aromatic heterocycles. The fourth-order valence-corrected chi connectivity index (χ4v) is 2.56. The molecule has 2 N–H and O–H groups in total. The molecule has 0 saturated carbocycles. The lowest BCUT2D eigenvalue weighted by Crippen LogP contribution is -2.41. The molecule has 2 rings (SSSR count). The van der Waals surface area contributed by atoms with E-state index >= 15 is 0 Å². The van der Waals surface area contributed by atoms with Gasteiger partial charge in [-0.25, -0.2) is 0 Å². The van der Waals surface area contributed by atoms with Crippen molar-refractivity contribution in [2.45, 2.75) is 39.2 Å². The smallest absolute Gasteiger partial charge is 0.289 e. The van der Waals surface area contributed by atoms with Gasteiger partial charge in [0.25, 0.3) is 5.91 Å². The molecule has 5 nitrogen and oxygen atoms in total. The van der Waals surface area contributed by atoms with Gasteiger partial charge in [0.1, 0.15) is 5.76 Å². The molecular formula is C15H24N2O3. The van der Waals surface area contributed by atoms with E-state index in [2.05, 4.69) is 0 Å². The van der Waals surface area contributed by atoms with Crippen LogP contribution in [-0.4, -0.2) is 43.2 Å². The number of carbonyl (C=O) groups excluding carboxylic acids is 1. The Balaban J connectivity index is 1.84. The second-order valence-corrected chi connectivity index (χ2v) is 5.37. The Morgan fingerprint density at radius 3 is 2.70 bits per heavy atom. The second-order valence-electron chi connectivity index (χ2n) is 5.37. The minimum absolute atomic E-state index is 0.00370. The third-order valence-electron chi connectivity index (χ3n) is 3.67. The number of rotatable bonds is 5. The first-order chi connectivity index (χ1) is 9.61.